The number of alkyl halides is 3. The largest absolute Gasteiger partial charge is 0.573 e. The molecule has 1 aromatic carbocycles. The van der Waals surface area contributed by atoms with Gasteiger partial charge in [0.25, 0.3) is 0 Å². The van der Waals surface area contributed by atoms with E-state index in [-0.39, 0.29) is 22.9 Å². The number of rotatable bonds is 2. The van der Waals surface area contributed by atoms with Crippen LogP contribution in [0, 0.1) is 5.41 Å². The fourth-order valence-corrected chi connectivity index (χ4v) is 3.79. The zero-order valence-electron chi connectivity index (χ0n) is 15.2. The number of halogens is 3. The highest BCUT2D eigenvalue weighted by Crippen LogP contribution is 2.45. The molecule has 0 amide bonds. The Bertz CT molecular complexity index is 976. The molecule has 0 unspecified atom stereocenters. The van der Waals surface area contributed by atoms with Crippen LogP contribution < -0.4 is 15.8 Å². The van der Waals surface area contributed by atoms with Gasteiger partial charge in [0.1, 0.15) is 11.8 Å². The number of hydrogen-bond acceptors (Lipinski definition) is 6. The molecule has 0 fully saturated rings. The van der Waals surface area contributed by atoms with E-state index in [4.69, 9.17) is 5.73 Å². The number of carbonyl (C=O) groups is 1. The number of aromatic nitrogens is 3. The third-order valence-corrected chi connectivity index (χ3v) is 4.78. The van der Waals surface area contributed by atoms with E-state index in [0.717, 1.165) is 5.70 Å². The topological polar surface area (TPSA) is 95.1 Å². The highest BCUT2D eigenvalue weighted by molar-refractivity contribution is 6.00. The van der Waals surface area contributed by atoms with Crippen LogP contribution in [0.5, 0.6) is 5.75 Å². The molecule has 0 saturated carbocycles. The first kappa shape index (κ1) is 18.3. The number of carbonyl (C=O) groups excluding carboxylic acids is 1. The van der Waals surface area contributed by atoms with Gasteiger partial charge < -0.3 is 15.8 Å². The first-order valence-electron chi connectivity index (χ1n) is 8.63. The number of nitrogens with two attached hydrogens (primary N) is 1. The molecule has 1 aromatic heterocycles. The van der Waals surface area contributed by atoms with E-state index >= 15 is 0 Å². The maximum Gasteiger partial charge on any atom is 0.573 e. The SMILES string of the molecule is CC1(C)CC(=O)C2=C(C1)Nc1nc(N)nn1[C@@H]2c1ccc(OC(F)(F)F)cc1. The molecule has 1 atom stereocenters. The number of Topliss-reactive ketones (excluding diaryl/α,β-unsaturated/α-hetero) is 1. The first-order chi connectivity index (χ1) is 13.0. The van der Waals surface area contributed by atoms with Crippen LogP contribution in [0.25, 0.3) is 0 Å². The van der Waals surface area contributed by atoms with E-state index < -0.39 is 12.4 Å². The predicted octanol–water partition coefficient (Wildman–Crippen LogP) is 3.42. The Labute approximate surface area is 158 Å². The van der Waals surface area contributed by atoms with Gasteiger partial charge in [0.05, 0.1) is 0 Å². The number of hydrogen-bond donors (Lipinski definition) is 2. The van der Waals surface area contributed by atoms with Crippen LogP contribution in [0.2, 0.25) is 0 Å². The smallest absolute Gasteiger partial charge is 0.406 e. The summed E-state index contributed by atoms with van der Waals surface area (Å²) in [5.41, 5.74) is 7.37. The Balaban J connectivity index is 1.79. The summed E-state index contributed by atoms with van der Waals surface area (Å²) in [6, 6.07) is 4.76. The van der Waals surface area contributed by atoms with Gasteiger partial charge >= 0.3 is 6.36 Å². The number of ether oxygens (including phenoxy) is 1. The molecular formula is C18H18F3N5O2. The Hall–Kier alpha value is -3.04. The van der Waals surface area contributed by atoms with Crippen molar-refractivity contribution in [2.75, 3.05) is 11.1 Å². The summed E-state index contributed by atoms with van der Waals surface area (Å²) in [6.07, 6.45) is -3.78. The molecule has 0 saturated heterocycles. The van der Waals surface area contributed by atoms with E-state index in [1.54, 1.807) is 0 Å². The maximum absolute atomic E-state index is 12.9. The number of fused-ring (bicyclic) bond motifs is 1. The average molecular weight is 393 g/mol. The predicted molar refractivity (Wildman–Crippen MR) is 94.4 cm³/mol. The molecule has 1 aliphatic carbocycles. The minimum absolute atomic E-state index is 0.0380. The number of ketones is 1. The average Bonchev–Trinajstić information content (AvgIpc) is 2.91. The van der Waals surface area contributed by atoms with E-state index in [1.165, 1.54) is 28.9 Å². The summed E-state index contributed by atoms with van der Waals surface area (Å²) < 4.78 is 42.7. The van der Waals surface area contributed by atoms with Gasteiger partial charge in [0.15, 0.2) is 5.78 Å². The molecule has 0 radical (unpaired) electrons. The van der Waals surface area contributed by atoms with Crippen LogP contribution in [0.3, 0.4) is 0 Å². The van der Waals surface area contributed by atoms with Gasteiger partial charge in [0, 0.05) is 17.7 Å². The summed E-state index contributed by atoms with van der Waals surface area (Å²) in [5.74, 6) is 0.0476. The van der Waals surface area contributed by atoms with E-state index in [9.17, 15) is 18.0 Å². The third-order valence-electron chi connectivity index (χ3n) is 4.78. The zero-order chi connectivity index (χ0) is 20.3. The second kappa shape index (κ2) is 5.98. The Morgan fingerprint density at radius 2 is 1.93 bits per heavy atom. The quantitative estimate of drug-likeness (QED) is 0.812. The van der Waals surface area contributed by atoms with Crippen molar-refractivity contribution in [3.8, 4) is 5.75 Å². The number of anilines is 2. The summed E-state index contributed by atoms with van der Waals surface area (Å²) in [4.78, 5) is 17.1. The summed E-state index contributed by atoms with van der Waals surface area (Å²) >= 11 is 0. The van der Waals surface area contributed by atoms with Crippen LogP contribution in [0.1, 0.15) is 38.3 Å². The van der Waals surface area contributed by atoms with E-state index in [1.807, 2.05) is 13.8 Å². The number of allylic oxidation sites excluding steroid dienone is 2. The summed E-state index contributed by atoms with van der Waals surface area (Å²) in [6.45, 7) is 4.00. The number of nitrogen functional groups attached to an aromatic ring is 1. The van der Waals surface area contributed by atoms with Crippen molar-refractivity contribution >= 4 is 17.7 Å². The molecule has 2 aromatic rings. The number of nitrogens with one attached hydrogen (secondary N) is 1. The maximum atomic E-state index is 12.9. The fourth-order valence-electron chi connectivity index (χ4n) is 3.79. The van der Waals surface area contributed by atoms with Crippen molar-refractivity contribution in [1.29, 1.82) is 0 Å². The molecule has 10 heteroatoms. The second-order valence-corrected chi connectivity index (χ2v) is 7.72. The number of nitrogens with zero attached hydrogens (tertiary/aromatic N) is 3. The van der Waals surface area contributed by atoms with Gasteiger partial charge in [0.2, 0.25) is 11.9 Å². The Morgan fingerprint density at radius 3 is 2.57 bits per heavy atom. The molecule has 148 valence electrons. The van der Waals surface area contributed by atoms with Crippen molar-refractivity contribution in [1.82, 2.24) is 14.8 Å². The van der Waals surface area contributed by atoms with Crippen molar-refractivity contribution in [3.63, 3.8) is 0 Å². The van der Waals surface area contributed by atoms with Crippen molar-refractivity contribution in [2.24, 2.45) is 5.41 Å². The van der Waals surface area contributed by atoms with Gasteiger partial charge in [-0.25, -0.2) is 4.68 Å². The van der Waals surface area contributed by atoms with Gasteiger partial charge in [-0.2, -0.15) is 4.98 Å². The molecule has 28 heavy (non-hydrogen) atoms. The van der Waals surface area contributed by atoms with Gasteiger partial charge in [-0.1, -0.05) is 26.0 Å². The highest BCUT2D eigenvalue weighted by atomic mass is 19.4. The third kappa shape index (κ3) is 3.30. The Morgan fingerprint density at radius 1 is 1.25 bits per heavy atom. The second-order valence-electron chi connectivity index (χ2n) is 7.72. The minimum Gasteiger partial charge on any atom is -0.406 e. The van der Waals surface area contributed by atoms with Crippen LogP contribution >= 0.6 is 0 Å². The van der Waals surface area contributed by atoms with Crippen LogP contribution in [-0.2, 0) is 4.79 Å². The van der Waals surface area contributed by atoms with Crippen LogP contribution in [0.4, 0.5) is 25.1 Å². The lowest BCUT2D eigenvalue weighted by Crippen LogP contribution is -2.36. The molecule has 4 rings (SSSR count). The summed E-state index contributed by atoms with van der Waals surface area (Å²) in [7, 11) is 0. The molecule has 0 spiro atoms. The molecule has 2 aliphatic rings. The molecule has 1 aliphatic heterocycles. The van der Waals surface area contributed by atoms with E-state index in [2.05, 4.69) is 20.1 Å². The van der Waals surface area contributed by atoms with Gasteiger partial charge in [-0.3, -0.25) is 4.79 Å². The van der Waals surface area contributed by atoms with Gasteiger partial charge in [-0.05, 0) is 29.5 Å². The van der Waals surface area contributed by atoms with Crippen molar-refractivity contribution < 1.29 is 22.7 Å². The minimum atomic E-state index is -4.77. The molecule has 7 nitrogen and oxygen atoms in total. The van der Waals surface area contributed by atoms with Gasteiger partial charge in [-0.15, -0.1) is 18.3 Å². The fraction of sp³-hybridized carbons (Fsp3) is 0.389. The molecule has 0 bridgehead atoms. The van der Waals surface area contributed by atoms with Crippen LogP contribution in [-0.4, -0.2) is 26.9 Å². The first-order valence-corrected chi connectivity index (χ1v) is 8.63. The molecule has 2 heterocycles. The zero-order valence-corrected chi connectivity index (χ0v) is 15.2. The van der Waals surface area contributed by atoms with Crippen molar-refractivity contribution in [3.05, 3.63) is 41.1 Å². The highest BCUT2D eigenvalue weighted by Gasteiger charge is 2.41. The van der Waals surface area contributed by atoms with Crippen molar-refractivity contribution in [2.45, 2.75) is 39.1 Å². The Kier molecular flexibility index (Phi) is 3.91. The lowest BCUT2D eigenvalue weighted by molar-refractivity contribution is -0.274. The normalized spacial score (nSPS) is 21.0. The summed E-state index contributed by atoms with van der Waals surface area (Å²) in [5, 5.41) is 7.32. The molecule has 3 N–H and O–H groups in total. The standard InChI is InChI=1S/C18H18F3N5O2/c1-17(2)7-11-13(12(27)8-17)14(26-16(23-11)24-15(22)25-26)9-3-5-10(6-4-9)28-18(19,20)21/h3-6,14H,7-8H2,1-2H3,(H3,22,23,24,25)/t14-/m1/s1. The number of benzene rings is 1. The lowest BCUT2D eigenvalue weighted by atomic mass is 9.73. The van der Waals surface area contributed by atoms with Crippen LogP contribution in [0.15, 0.2) is 35.5 Å². The monoisotopic (exact) mass is 393 g/mol. The molecular weight excluding hydrogens is 375 g/mol. The lowest BCUT2D eigenvalue weighted by Gasteiger charge is -2.38. The van der Waals surface area contributed by atoms with E-state index in [0.29, 0.717) is 29.9 Å².